The molecule has 2 aliphatic heterocycles. The number of fused-ring (bicyclic) bond motifs is 1. The van der Waals surface area contributed by atoms with Crippen molar-refractivity contribution in [3.8, 4) is 22.6 Å². The van der Waals surface area contributed by atoms with Crippen LogP contribution in [0.3, 0.4) is 0 Å². The number of benzene rings is 1. The number of ether oxygens (including phenoxy) is 2. The second-order valence-corrected chi connectivity index (χ2v) is 7.43. The molecule has 1 fully saturated rings. The van der Waals surface area contributed by atoms with E-state index in [0.717, 1.165) is 15.6 Å². The van der Waals surface area contributed by atoms with Gasteiger partial charge < -0.3 is 25.1 Å². The molecule has 7 heteroatoms. The molecule has 3 N–H and O–H groups in total. The van der Waals surface area contributed by atoms with E-state index in [2.05, 4.69) is 20.9 Å². The van der Waals surface area contributed by atoms with Crippen molar-refractivity contribution in [2.24, 2.45) is 5.73 Å². The molecule has 0 unspecified atom stereocenters. The van der Waals surface area contributed by atoms with Gasteiger partial charge in [-0.25, -0.2) is 0 Å². The normalized spacial score (nSPS) is 18.2. The molecule has 2 aromatic rings. The van der Waals surface area contributed by atoms with Gasteiger partial charge >= 0.3 is 0 Å². The molecule has 1 aromatic heterocycles. The van der Waals surface area contributed by atoms with Crippen LogP contribution in [0.5, 0.6) is 11.5 Å². The number of nitrogens with two attached hydrogens (primary N) is 1. The van der Waals surface area contributed by atoms with Gasteiger partial charge in [0.2, 0.25) is 0 Å². The van der Waals surface area contributed by atoms with Crippen molar-refractivity contribution in [2.75, 3.05) is 26.3 Å². The number of aromatic amines is 1. The number of amides is 1. The monoisotopic (exact) mass is 391 g/mol. The van der Waals surface area contributed by atoms with Crippen LogP contribution in [0.25, 0.3) is 11.1 Å². The Labute approximate surface area is 148 Å². The molecule has 0 radical (unpaired) electrons. The number of aromatic nitrogens is 1. The van der Waals surface area contributed by atoms with Crippen molar-refractivity contribution < 1.29 is 14.3 Å². The summed E-state index contributed by atoms with van der Waals surface area (Å²) in [5.41, 5.74) is 8.09. The highest BCUT2D eigenvalue weighted by molar-refractivity contribution is 9.10. The minimum atomic E-state index is -0.286. The molecule has 0 atom stereocenters. The predicted octanol–water partition coefficient (Wildman–Crippen LogP) is 2.39. The summed E-state index contributed by atoms with van der Waals surface area (Å²) < 4.78 is 12.1. The summed E-state index contributed by atoms with van der Waals surface area (Å²) in [7, 11) is 0. The highest BCUT2D eigenvalue weighted by Gasteiger charge is 2.39. The van der Waals surface area contributed by atoms with Crippen LogP contribution in [0.15, 0.2) is 29.0 Å². The van der Waals surface area contributed by atoms with Gasteiger partial charge in [0.25, 0.3) is 5.91 Å². The van der Waals surface area contributed by atoms with E-state index in [1.54, 1.807) is 11.1 Å². The van der Waals surface area contributed by atoms with E-state index < -0.39 is 0 Å². The van der Waals surface area contributed by atoms with Crippen LogP contribution in [0.2, 0.25) is 0 Å². The Morgan fingerprint density at radius 2 is 2.04 bits per heavy atom. The summed E-state index contributed by atoms with van der Waals surface area (Å²) in [6.07, 6.45) is 3.56. The largest absolute Gasteiger partial charge is 0.486 e. The van der Waals surface area contributed by atoms with Crippen LogP contribution in [0.4, 0.5) is 0 Å². The molecule has 0 aliphatic carbocycles. The molecular formula is C17H18BrN3O3. The summed E-state index contributed by atoms with van der Waals surface area (Å²) in [6.45, 7) is 4.14. The summed E-state index contributed by atoms with van der Waals surface area (Å²) in [5.74, 6) is 1.37. The molecule has 2 aliphatic rings. The first-order valence-electron chi connectivity index (χ1n) is 7.79. The Bertz CT molecular complexity index is 807. The number of nitrogens with one attached hydrogen (secondary N) is 1. The maximum atomic E-state index is 12.7. The fraction of sp³-hybridized carbons (Fsp3) is 0.353. The van der Waals surface area contributed by atoms with Crippen molar-refractivity contribution in [3.63, 3.8) is 0 Å². The van der Waals surface area contributed by atoms with Crippen LogP contribution in [-0.4, -0.2) is 47.6 Å². The Hall–Kier alpha value is -1.99. The van der Waals surface area contributed by atoms with Crippen molar-refractivity contribution >= 4 is 21.8 Å². The topological polar surface area (TPSA) is 80.6 Å². The van der Waals surface area contributed by atoms with Crippen LogP contribution < -0.4 is 15.2 Å². The number of carbonyl (C=O) groups is 1. The minimum absolute atomic E-state index is 0.0137. The zero-order valence-corrected chi connectivity index (χ0v) is 14.9. The van der Waals surface area contributed by atoms with Gasteiger partial charge in [-0.1, -0.05) is 0 Å². The quantitative estimate of drug-likeness (QED) is 0.823. The standard InChI is InChI=1S/C17H18BrN3O3/c1-17(19)8-21(9-17)16(22)12-7-20-6-11(12)10-4-13(18)15-14(5-10)23-2-3-24-15/h4-7,20H,2-3,8-9,19H2,1H3. The second kappa shape index (κ2) is 5.53. The second-order valence-electron chi connectivity index (χ2n) is 6.58. The van der Waals surface area contributed by atoms with Crippen molar-refractivity contribution in [3.05, 3.63) is 34.6 Å². The number of hydrogen-bond acceptors (Lipinski definition) is 4. The molecule has 1 aromatic carbocycles. The van der Waals surface area contributed by atoms with Crippen molar-refractivity contribution in [2.45, 2.75) is 12.5 Å². The predicted molar refractivity (Wildman–Crippen MR) is 93.4 cm³/mol. The van der Waals surface area contributed by atoms with E-state index in [1.165, 1.54) is 0 Å². The molecule has 3 heterocycles. The maximum absolute atomic E-state index is 12.7. The van der Waals surface area contributed by atoms with E-state index in [4.69, 9.17) is 15.2 Å². The van der Waals surface area contributed by atoms with Gasteiger partial charge in [-0.15, -0.1) is 0 Å². The summed E-state index contributed by atoms with van der Waals surface area (Å²) >= 11 is 3.52. The molecule has 0 spiro atoms. The number of hydrogen-bond donors (Lipinski definition) is 2. The number of H-pyrrole nitrogens is 1. The number of rotatable bonds is 2. The average Bonchev–Trinajstić information content (AvgIpc) is 3.01. The number of likely N-dealkylation sites (tertiary alicyclic amines) is 1. The number of nitrogens with zero attached hydrogens (tertiary/aromatic N) is 1. The average molecular weight is 392 g/mol. The van der Waals surface area contributed by atoms with Gasteiger partial charge in [0.15, 0.2) is 11.5 Å². The Balaban J connectivity index is 1.68. The summed E-state index contributed by atoms with van der Waals surface area (Å²) in [5, 5.41) is 0. The lowest BCUT2D eigenvalue weighted by Crippen LogP contribution is -2.66. The molecule has 1 saturated heterocycles. The first-order chi connectivity index (χ1) is 11.4. The lowest BCUT2D eigenvalue weighted by atomic mass is 9.92. The highest BCUT2D eigenvalue weighted by Crippen LogP contribution is 2.42. The molecule has 0 bridgehead atoms. The third kappa shape index (κ3) is 2.57. The van der Waals surface area contributed by atoms with Gasteiger partial charge in [-0.2, -0.15) is 0 Å². The lowest BCUT2D eigenvalue weighted by molar-refractivity contribution is 0.0454. The number of carbonyl (C=O) groups excluding carboxylic acids is 1. The van der Waals surface area contributed by atoms with Crippen LogP contribution in [0, 0.1) is 0 Å². The van der Waals surface area contributed by atoms with Crippen molar-refractivity contribution in [1.82, 2.24) is 9.88 Å². The summed E-state index contributed by atoms with van der Waals surface area (Å²) in [4.78, 5) is 17.5. The van der Waals surface area contributed by atoms with Gasteiger partial charge in [0, 0.05) is 36.6 Å². The van der Waals surface area contributed by atoms with Gasteiger partial charge in [-0.05, 0) is 40.5 Å². The Kier molecular flexibility index (Phi) is 3.58. The Morgan fingerprint density at radius 3 is 2.79 bits per heavy atom. The van der Waals surface area contributed by atoms with E-state index in [1.807, 2.05) is 25.3 Å². The molecule has 24 heavy (non-hydrogen) atoms. The minimum Gasteiger partial charge on any atom is -0.486 e. The zero-order valence-electron chi connectivity index (χ0n) is 13.3. The first kappa shape index (κ1) is 15.5. The van der Waals surface area contributed by atoms with Gasteiger partial charge in [-0.3, -0.25) is 4.79 Å². The third-order valence-electron chi connectivity index (χ3n) is 4.28. The van der Waals surface area contributed by atoms with Crippen LogP contribution >= 0.6 is 15.9 Å². The third-order valence-corrected chi connectivity index (χ3v) is 4.86. The van der Waals surface area contributed by atoms with E-state index in [0.29, 0.717) is 43.4 Å². The fourth-order valence-electron chi connectivity index (χ4n) is 3.19. The van der Waals surface area contributed by atoms with Crippen molar-refractivity contribution in [1.29, 1.82) is 0 Å². The maximum Gasteiger partial charge on any atom is 0.256 e. The Morgan fingerprint density at radius 1 is 1.29 bits per heavy atom. The highest BCUT2D eigenvalue weighted by atomic mass is 79.9. The van der Waals surface area contributed by atoms with E-state index in [9.17, 15) is 4.79 Å². The first-order valence-corrected chi connectivity index (χ1v) is 8.58. The molecule has 6 nitrogen and oxygen atoms in total. The SMILES string of the molecule is CC1(N)CN(C(=O)c2c[nH]cc2-c2cc(Br)c3c(c2)OCCO3)C1. The van der Waals surface area contributed by atoms with E-state index in [-0.39, 0.29) is 11.4 Å². The number of halogens is 1. The molecular weight excluding hydrogens is 374 g/mol. The molecule has 1 amide bonds. The fourth-order valence-corrected chi connectivity index (χ4v) is 3.74. The van der Waals surface area contributed by atoms with Gasteiger partial charge in [0.1, 0.15) is 13.2 Å². The molecule has 4 rings (SSSR count). The molecule has 126 valence electrons. The van der Waals surface area contributed by atoms with Crippen LogP contribution in [0.1, 0.15) is 17.3 Å². The van der Waals surface area contributed by atoms with Crippen LogP contribution in [-0.2, 0) is 0 Å². The lowest BCUT2D eigenvalue weighted by Gasteiger charge is -2.45. The van der Waals surface area contributed by atoms with Gasteiger partial charge in [0.05, 0.1) is 10.0 Å². The van der Waals surface area contributed by atoms with E-state index >= 15 is 0 Å². The smallest absolute Gasteiger partial charge is 0.256 e. The summed E-state index contributed by atoms with van der Waals surface area (Å²) in [6, 6.07) is 3.85. The zero-order chi connectivity index (χ0) is 16.9. The molecule has 0 saturated carbocycles.